The molecule has 0 spiro atoms. The molecule has 102 valence electrons. The van der Waals surface area contributed by atoms with Gasteiger partial charge in [0.05, 0.1) is 0 Å². The zero-order valence-electron chi connectivity index (χ0n) is 12.1. The third-order valence-corrected chi connectivity index (χ3v) is 8.64. The van der Waals surface area contributed by atoms with Crippen molar-refractivity contribution in [3.8, 4) is 0 Å². The van der Waals surface area contributed by atoms with E-state index in [2.05, 4.69) is 92.4 Å². The molecule has 0 fully saturated rings. The second-order valence-electron chi connectivity index (χ2n) is 5.08. The van der Waals surface area contributed by atoms with Crippen molar-refractivity contribution in [1.29, 1.82) is 0 Å². The van der Waals surface area contributed by atoms with Gasteiger partial charge in [-0.2, -0.15) is 0 Å². The Kier molecular flexibility index (Phi) is 5.14. The van der Waals surface area contributed by atoms with Gasteiger partial charge in [-0.1, -0.05) is 89.3 Å². The van der Waals surface area contributed by atoms with Gasteiger partial charge in [-0.3, -0.25) is 0 Å². The number of allylic oxidation sites excluding steroid dienone is 3. The van der Waals surface area contributed by atoms with Crippen LogP contribution in [0.15, 0.2) is 85.5 Å². The van der Waals surface area contributed by atoms with Crippen molar-refractivity contribution < 1.29 is 0 Å². The van der Waals surface area contributed by atoms with Gasteiger partial charge in [-0.25, -0.2) is 0 Å². The molecule has 0 nitrogen and oxygen atoms in total. The van der Waals surface area contributed by atoms with Crippen molar-refractivity contribution in [3.05, 3.63) is 85.5 Å². The van der Waals surface area contributed by atoms with E-state index in [-0.39, 0.29) is 0 Å². The zero-order chi connectivity index (χ0) is 14.3. The summed E-state index contributed by atoms with van der Waals surface area (Å²) in [4.78, 5) is 0. The van der Waals surface area contributed by atoms with E-state index in [1.807, 2.05) is 0 Å². The molecule has 0 aliphatic heterocycles. The van der Waals surface area contributed by atoms with Crippen molar-refractivity contribution >= 4 is 18.4 Å². The van der Waals surface area contributed by atoms with E-state index in [0.29, 0.717) is 0 Å². The van der Waals surface area contributed by atoms with Gasteiger partial charge in [-0.15, -0.1) is 6.58 Å². The van der Waals surface area contributed by atoms with E-state index in [9.17, 15) is 0 Å². The molecular formula is C19H22Si. The first-order valence-electron chi connectivity index (χ1n) is 7.16. The molecule has 0 aliphatic rings. The Hall–Kier alpha value is -1.86. The average Bonchev–Trinajstić information content (AvgIpc) is 2.53. The van der Waals surface area contributed by atoms with Crippen LogP contribution in [-0.4, -0.2) is 8.07 Å². The summed E-state index contributed by atoms with van der Waals surface area (Å²) < 4.78 is 0. The van der Waals surface area contributed by atoms with Crippen LogP contribution in [0.3, 0.4) is 0 Å². The Bertz CT molecular complexity index is 515. The predicted molar refractivity (Wildman–Crippen MR) is 92.5 cm³/mol. The molecule has 1 heteroatoms. The van der Waals surface area contributed by atoms with Crippen LogP contribution in [0.4, 0.5) is 0 Å². The molecule has 0 radical (unpaired) electrons. The molecule has 0 saturated carbocycles. The van der Waals surface area contributed by atoms with Crippen molar-refractivity contribution in [2.45, 2.75) is 19.0 Å². The van der Waals surface area contributed by atoms with Gasteiger partial charge < -0.3 is 0 Å². The smallest absolute Gasteiger partial charge is 0.103 e. The third-order valence-electron chi connectivity index (χ3n) is 3.85. The van der Waals surface area contributed by atoms with Crippen molar-refractivity contribution in [1.82, 2.24) is 0 Å². The second kappa shape index (κ2) is 7.06. The molecule has 20 heavy (non-hydrogen) atoms. The predicted octanol–water partition coefficient (Wildman–Crippen LogP) is 4.01. The van der Waals surface area contributed by atoms with Crippen molar-refractivity contribution in [2.24, 2.45) is 0 Å². The van der Waals surface area contributed by atoms with E-state index in [1.165, 1.54) is 10.4 Å². The Morgan fingerprint density at radius 3 is 1.75 bits per heavy atom. The molecule has 0 aliphatic carbocycles. The van der Waals surface area contributed by atoms with Gasteiger partial charge >= 0.3 is 0 Å². The fraction of sp³-hybridized carbons (Fsp3) is 0.158. The molecule has 0 saturated heterocycles. The van der Waals surface area contributed by atoms with Crippen molar-refractivity contribution in [2.75, 3.05) is 0 Å². The van der Waals surface area contributed by atoms with Crippen LogP contribution in [0.2, 0.25) is 12.1 Å². The molecular weight excluding hydrogens is 256 g/mol. The third kappa shape index (κ3) is 2.99. The molecule has 2 aromatic carbocycles. The molecule has 0 heterocycles. The first kappa shape index (κ1) is 14.5. The average molecular weight is 278 g/mol. The lowest BCUT2D eigenvalue weighted by atomic mass is 10.4. The summed E-state index contributed by atoms with van der Waals surface area (Å²) in [5.74, 6) is 0. The maximum absolute atomic E-state index is 4.02. The molecule has 0 bridgehead atoms. The normalized spacial score (nSPS) is 11.7. The van der Waals surface area contributed by atoms with Gasteiger partial charge in [-0.05, 0) is 19.0 Å². The number of hydrogen-bond donors (Lipinski definition) is 0. The molecule has 0 N–H and O–H groups in total. The standard InChI is InChI=1S/C19H22Si/c1-3-5-17-20(16-4-2,18-12-8-6-9-13-18)19-14-10-7-11-15-19/h3-15H,2,16-17H2,1H3/b5-3-. The highest BCUT2D eigenvalue weighted by Gasteiger charge is 2.34. The summed E-state index contributed by atoms with van der Waals surface area (Å²) in [7, 11) is -1.77. The largest absolute Gasteiger partial charge is 0.125 e. The number of rotatable bonds is 6. The van der Waals surface area contributed by atoms with Crippen LogP contribution in [0.25, 0.3) is 0 Å². The van der Waals surface area contributed by atoms with E-state index >= 15 is 0 Å². The minimum Gasteiger partial charge on any atom is -0.103 e. The summed E-state index contributed by atoms with van der Waals surface area (Å²) in [5, 5.41) is 2.98. The Morgan fingerprint density at radius 2 is 1.35 bits per heavy atom. The minimum atomic E-state index is -1.77. The Balaban J connectivity index is 2.59. The second-order valence-corrected chi connectivity index (χ2v) is 9.22. The lowest BCUT2D eigenvalue weighted by Crippen LogP contribution is -2.57. The maximum Gasteiger partial charge on any atom is 0.125 e. The number of hydrogen-bond acceptors (Lipinski definition) is 0. The Labute approximate surface area is 123 Å². The van der Waals surface area contributed by atoms with E-state index < -0.39 is 8.07 Å². The van der Waals surface area contributed by atoms with Crippen LogP contribution < -0.4 is 10.4 Å². The lowest BCUT2D eigenvalue weighted by molar-refractivity contribution is 1.45. The summed E-state index contributed by atoms with van der Waals surface area (Å²) in [6, 6.07) is 24.1. The van der Waals surface area contributed by atoms with Crippen LogP contribution >= 0.6 is 0 Å². The lowest BCUT2D eigenvalue weighted by Gasteiger charge is -2.31. The van der Waals surface area contributed by atoms with E-state index in [0.717, 1.165) is 12.1 Å². The summed E-state index contributed by atoms with van der Waals surface area (Å²) in [5.41, 5.74) is 0. The van der Waals surface area contributed by atoms with Crippen LogP contribution in [-0.2, 0) is 0 Å². The molecule has 2 aromatic rings. The zero-order valence-corrected chi connectivity index (χ0v) is 13.1. The molecule has 2 rings (SSSR count). The van der Waals surface area contributed by atoms with Gasteiger partial charge in [0.1, 0.15) is 8.07 Å². The van der Waals surface area contributed by atoms with Crippen LogP contribution in [0.1, 0.15) is 6.92 Å². The quantitative estimate of drug-likeness (QED) is 0.553. The maximum atomic E-state index is 4.02. The fourth-order valence-corrected chi connectivity index (χ4v) is 7.04. The summed E-state index contributed by atoms with van der Waals surface area (Å²) in [6.45, 7) is 6.12. The van der Waals surface area contributed by atoms with Crippen molar-refractivity contribution in [3.63, 3.8) is 0 Å². The van der Waals surface area contributed by atoms with Crippen LogP contribution in [0.5, 0.6) is 0 Å². The van der Waals surface area contributed by atoms with E-state index in [1.54, 1.807) is 0 Å². The first-order chi connectivity index (χ1) is 9.83. The monoisotopic (exact) mass is 278 g/mol. The highest BCUT2D eigenvalue weighted by Crippen LogP contribution is 2.18. The topological polar surface area (TPSA) is 0 Å². The molecule has 0 unspecified atom stereocenters. The fourth-order valence-electron chi connectivity index (χ4n) is 2.80. The highest BCUT2D eigenvalue weighted by molar-refractivity contribution is 7.02. The van der Waals surface area contributed by atoms with Gasteiger partial charge in [0, 0.05) is 0 Å². The Morgan fingerprint density at radius 1 is 0.850 bits per heavy atom. The number of benzene rings is 2. The minimum absolute atomic E-state index is 1.07. The van der Waals surface area contributed by atoms with Gasteiger partial charge in [0.25, 0.3) is 0 Å². The summed E-state index contributed by atoms with van der Waals surface area (Å²) in [6.07, 6.45) is 6.57. The summed E-state index contributed by atoms with van der Waals surface area (Å²) >= 11 is 0. The van der Waals surface area contributed by atoms with E-state index in [4.69, 9.17) is 0 Å². The first-order valence-corrected chi connectivity index (χ1v) is 9.58. The molecule has 0 aromatic heterocycles. The van der Waals surface area contributed by atoms with Gasteiger partial charge in [0.15, 0.2) is 0 Å². The highest BCUT2D eigenvalue weighted by atomic mass is 28.3. The van der Waals surface area contributed by atoms with Crippen LogP contribution in [0, 0.1) is 0 Å². The molecule has 0 amide bonds. The van der Waals surface area contributed by atoms with Gasteiger partial charge in [0.2, 0.25) is 0 Å². The SMILES string of the molecule is C=CC[Si](C/C=C\C)(c1ccccc1)c1ccccc1. The molecule has 0 atom stereocenters.